The summed E-state index contributed by atoms with van der Waals surface area (Å²) in [4.78, 5) is 0. The molecule has 0 unspecified atom stereocenters. The first-order valence-electron chi connectivity index (χ1n) is 4.76. The van der Waals surface area contributed by atoms with Crippen LogP contribution in [0.4, 0.5) is 0 Å². The van der Waals surface area contributed by atoms with Gasteiger partial charge in [-0.2, -0.15) is 12.1 Å². The Hall–Kier alpha value is -0.811. The second kappa shape index (κ2) is 8.31. The van der Waals surface area contributed by atoms with E-state index in [1.54, 1.807) is 48.5 Å². The van der Waals surface area contributed by atoms with Crippen LogP contribution in [0.3, 0.4) is 0 Å². The molecule has 2 aromatic carbocycles. The van der Waals surface area contributed by atoms with Gasteiger partial charge in [0.2, 0.25) is 7.12 Å². The molecule has 0 bridgehead atoms. The van der Waals surface area contributed by atoms with E-state index in [9.17, 15) is 0 Å². The molecule has 0 aromatic heterocycles. The van der Waals surface area contributed by atoms with Gasteiger partial charge in [-0.1, -0.05) is 0 Å². The molecule has 0 saturated heterocycles. The summed E-state index contributed by atoms with van der Waals surface area (Å²) in [7, 11) is -2.63. The van der Waals surface area contributed by atoms with Gasteiger partial charge in [0.15, 0.2) is 0 Å². The van der Waals surface area contributed by atoms with Crippen molar-refractivity contribution in [1.82, 2.24) is 0 Å². The molecule has 17 heavy (non-hydrogen) atoms. The van der Waals surface area contributed by atoms with Crippen molar-refractivity contribution < 1.29 is 37.2 Å². The van der Waals surface area contributed by atoms with Crippen LogP contribution in [-0.2, 0) is 17.1 Å². The quantitative estimate of drug-likeness (QED) is 0.383. The van der Waals surface area contributed by atoms with E-state index in [1.807, 2.05) is 0 Å². The molecule has 0 atom stereocenters. The van der Waals surface area contributed by atoms with Crippen LogP contribution in [0.1, 0.15) is 0 Å². The Morgan fingerprint density at radius 1 is 0.824 bits per heavy atom. The van der Waals surface area contributed by atoms with Gasteiger partial charge in [-0.3, -0.25) is 0 Å². The monoisotopic (exact) mass is 274 g/mol. The van der Waals surface area contributed by atoms with Gasteiger partial charge in [0.25, 0.3) is 0 Å². The number of hydrogen-bond acceptors (Lipinski definition) is 4. The van der Waals surface area contributed by atoms with E-state index >= 15 is 0 Å². The van der Waals surface area contributed by atoms with E-state index < -0.39 is 14.2 Å². The molecule has 0 heterocycles. The largest absolute Gasteiger partial charge is 0.748 e. The SMILES string of the molecule is OB(O)[c-]1[cH-][cH-][cH-][cH-]1.OB(O)[c-]1cccc1.[Fe]. The fraction of sp³-hybridized carbons (Fsp3) is 0. The minimum Gasteiger partial charge on any atom is -0.748 e. The first kappa shape index (κ1) is 16.2. The third-order valence-electron chi connectivity index (χ3n) is 1.97. The molecule has 0 aliphatic heterocycles. The first-order chi connectivity index (χ1) is 7.61. The number of hydrogen-bond donors (Lipinski definition) is 4. The predicted molar refractivity (Wildman–Crippen MR) is 63.7 cm³/mol. The molecule has 2 rings (SSSR count). The third-order valence-corrected chi connectivity index (χ3v) is 1.97. The third kappa shape index (κ3) is 5.89. The fourth-order valence-corrected chi connectivity index (χ4v) is 1.12. The summed E-state index contributed by atoms with van der Waals surface area (Å²) in [5, 5.41) is 33.9. The second-order valence-corrected chi connectivity index (χ2v) is 3.18. The van der Waals surface area contributed by atoms with Gasteiger partial charge in [-0.25, -0.2) is 12.1 Å². The maximum atomic E-state index is 8.47. The first-order valence-corrected chi connectivity index (χ1v) is 4.76. The van der Waals surface area contributed by atoms with Crippen LogP contribution in [-0.4, -0.2) is 34.3 Å². The summed E-state index contributed by atoms with van der Waals surface area (Å²) in [6.07, 6.45) is 0. The van der Waals surface area contributed by atoms with Crippen molar-refractivity contribution in [2.24, 2.45) is 0 Å². The van der Waals surface area contributed by atoms with Crippen LogP contribution in [0.25, 0.3) is 0 Å². The van der Waals surface area contributed by atoms with Crippen molar-refractivity contribution in [3.05, 3.63) is 48.5 Å². The molecule has 4 N–H and O–H groups in total. The molecular formula is C10H12B2FeO4-6. The molecule has 0 radical (unpaired) electrons. The second-order valence-electron chi connectivity index (χ2n) is 3.18. The van der Waals surface area contributed by atoms with Gasteiger partial charge >= 0.3 is 7.12 Å². The summed E-state index contributed by atoms with van der Waals surface area (Å²) < 4.78 is 0. The van der Waals surface area contributed by atoms with Crippen molar-refractivity contribution in [3.63, 3.8) is 0 Å². The average molecular weight is 274 g/mol. The molecule has 0 spiro atoms. The minimum atomic E-state index is -1.31. The Labute approximate surface area is 111 Å². The van der Waals surface area contributed by atoms with E-state index in [1.165, 1.54) is 0 Å². The van der Waals surface area contributed by atoms with Gasteiger partial charge in [0, 0.05) is 17.1 Å². The Bertz CT molecular complexity index is 335. The average Bonchev–Trinajstić information content (AvgIpc) is 2.93. The van der Waals surface area contributed by atoms with Crippen molar-refractivity contribution in [1.29, 1.82) is 0 Å². The maximum Gasteiger partial charge on any atom is 0.412 e. The molecule has 0 fully saturated rings. The van der Waals surface area contributed by atoms with Gasteiger partial charge in [-0.05, 0) is 0 Å². The molecule has 0 aliphatic carbocycles. The summed E-state index contributed by atoms with van der Waals surface area (Å²) in [6.45, 7) is 0. The van der Waals surface area contributed by atoms with Crippen molar-refractivity contribution in [2.45, 2.75) is 0 Å². The smallest absolute Gasteiger partial charge is 0.412 e. The zero-order chi connectivity index (χ0) is 12.0. The van der Waals surface area contributed by atoms with Crippen LogP contribution < -0.4 is 10.9 Å². The Morgan fingerprint density at radius 2 is 1.29 bits per heavy atom. The van der Waals surface area contributed by atoms with Crippen LogP contribution in [0.2, 0.25) is 0 Å². The van der Waals surface area contributed by atoms with Crippen molar-refractivity contribution in [3.8, 4) is 0 Å². The fourth-order valence-electron chi connectivity index (χ4n) is 1.12. The molecule has 0 aliphatic rings. The van der Waals surface area contributed by atoms with Crippen LogP contribution in [0.5, 0.6) is 0 Å². The van der Waals surface area contributed by atoms with Crippen LogP contribution in [0, 0.1) is 0 Å². The summed E-state index contributed by atoms with van der Waals surface area (Å²) in [5.41, 5.74) is 1.09. The maximum absolute atomic E-state index is 8.47. The van der Waals surface area contributed by atoms with E-state index in [0.29, 0.717) is 10.9 Å². The van der Waals surface area contributed by atoms with E-state index in [4.69, 9.17) is 20.1 Å². The zero-order valence-corrected chi connectivity index (χ0v) is 10.0. The van der Waals surface area contributed by atoms with Crippen LogP contribution >= 0.6 is 0 Å². The molecule has 2 aromatic rings. The van der Waals surface area contributed by atoms with Gasteiger partial charge in [0.1, 0.15) is 0 Å². The van der Waals surface area contributed by atoms with E-state index in [2.05, 4.69) is 0 Å². The summed E-state index contributed by atoms with van der Waals surface area (Å²) >= 11 is 0. The molecule has 96 valence electrons. The van der Waals surface area contributed by atoms with E-state index in [-0.39, 0.29) is 17.1 Å². The standard InChI is InChI=1S/2C5H6BO2.Fe/c2*7-6(8)5-3-1-2-4-5;/h2*1-4,7-8H;/q-5;-1;. The molecular weight excluding hydrogens is 262 g/mol. The Morgan fingerprint density at radius 3 is 1.53 bits per heavy atom. The van der Waals surface area contributed by atoms with Crippen molar-refractivity contribution in [2.75, 3.05) is 0 Å². The van der Waals surface area contributed by atoms with E-state index in [0.717, 1.165) is 0 Å². The molecule has 4 nitrogen and oxygen atoms in total. The molecule has 0 amide bonds. The summed E-state index contributed by atoms with van der Waals surface area (Å²) in [5.74, 6) is 0. The Balaban J connectivity index is 0.000000284. The zero-order valence-electron chi connectivity index (χ0n) is 8.92. The van der Waals surface area contributed by atoms with Crippen LogP contribution in [0.15, 0.2) is 48.5 Å². The minimum absolute atomic E-state index is 0. The van der Waals surface area contributed by atoms with Gasteiger partial charge in [-0.15, -0.1) is 5.46 Å². The summed E-state index contributed by atoms with van der Waals surface area (Å²) in [6, 6.07) is 13.7. The van der Waals surface area contributed by atoms with Crippen molar-refractivity contribution >= 4 is 25.2 Å². The molecule has 7 heteroatoms. The predicted octanol–water partition coefficient (Wildman–Crippen LogP) is -1.83. The topological polar surface area (TPSA) is 80.9 Å². The van der Waals surface area contributed by atoms with Gasteiger partial charge in [0.05, 0.1) is 0 Å². The number of rotatable bonds is 2. The molecule has 0 saturated carbocycles. The normalized spacial score (nSPS) is 8.71. The van der Waals surface area contributed by atoms with Gasteiger partial charge < -0.3 is 49.8 Å². The Kier molecular flexibility index (Phi) is 7.91.